The summed E-state index contributed by atoms with van der Waals surface area (Å²) in [7, 11) is 0. The van der Waals surface area contributed by atoms with Crippen LogP contribution in [0.4, 0.5) is 4.39 Å². The molecule has 4 nitrogen and oxygen atoms in total. The van der Waals surface area contributed by atoms with Crippen LogP contribution in [0, 0.1) is 5.82 Å². The highest BCUT2D eigenvalue weighted by Crippen LogP contribution is 2.30. The van der Waals surface area contributed by atoms with E-state index in [2.05, 4.69) is 5.32 Å². The Hall–Kier alpha value is -2.27. The summed E-state index contributed by atoms with van der Waals surface area (Å²) in [5.41, 5.74) is 0.755. The Labute approximate surface area is 131 Å². The Morgan fingerprint density at radius 1 is 1.14 bits per heavy atom. The maximum absolute atomic E-state index is 13.6. The van der Waals surface area contributed by atoms with E-state index in [1.807, 2.05) is 6.07 Å². The zero-order valence-electron chi connectivity index (χ0n) is 11.6. The second-order valence-corrected chi connectivity index (χ2v) is 5.22. The molecule has 0 fully saturated rings. The molecule has 1 N–H and O–H groups in total. The standard InChI is InChI=1S/C16H13ClFNO3/c17-11-2-3-13(18)12(8-11)16(20)19-9-10-1-4-14-15(7-10)22-6-5-21-14/h1-4,7-8H,5-6,9H2,(H,19,20). The number of ether oxygens (including phenoxy) is 2. The van der Waals surface area contributed by atoms with Gasteiger partial charge in [-0.2, -0.15) is 0 Å². The molecule has 0 saturated carbocycles. The zero-order chi connectivity index (χ0) is 15.5. The molecule has 1 aliphatic rings. The van der Waals surface area contributed by atoms with Crippen LogP contribution in [0.3, 0.4) is 0 Å². The van der Waals surface area contributed by atoms with Crippen molar-refractivity contribution in [3.8, 4) is 11.5 Å². The Morgan fingerprint density at radius 3 is 2.73 bits per heavy atom. The maximum atomic E-state index is 13.6. The summed E-state index contributed by atoms with van der Waals surface area (Å²) in [5.74, 6) is 0.202. The van der Waals surface area contributed by atoms with E-state index < -0.39 is 11.7 Å². The van der Waals surface area contributed by atoms with Gasteiger partial charge in [-0.1, -0.05) is 17.7 Å². The van der Waals surface area contributed by atoms with Crippen molar-refractivity contribution in [2.45, 2.75) is 6.54 Å². The molecule has 1 amide bonds. The van der Waals surface area contributed by atoms with Gasteiger partial charge in [0.2, 0.25) is 0 Å². The summed E-state index contributed by atoms with van der Waals surface area (Å²) in [5, 5.41) is 2.97. The molecule has 6 heteroatoms. The van der Waals surface area contributed by atoms with Gasteiger partial charge in [0.1, 0.15) is 19.0 Å². The van der Waals surface area contributed by atoms with Gasteiger partial charge in [0.15, 0.2) is 11.5 Å². The molecule has 0 radical (unpaired) electrons. The van der Waals surface area contributed by atoms with Gasteiger partial charge in [-0.05, 0) is 35.9 Å². The largest absolute Gasteiger partial charge is 0.486 e. The van der Waals surface area contributed by atoms with Gasteiger partial charge < -0.3 is 14.8 Å². The van der Waals surface area contributed by atoms with Crippen molar-refractivity contribution in [3.63, 3.8) is 0 Å². The predicted molar refractivity (Wildman–Crippen MR) is 80.0 cm³/mol. The Kier molecular flexibility index (Phi) is 4.15. The van der Waals surface area contributed by atoms with Crippen LogP contribution in [-0.2, 0) is 6.54 Å². The van der Waals surface area contributed by atoms with Crippen molar-refractivity contribution < 1.29 is 18.7 Å². The van der Waals surface area contributed by atoms with E-state index in [0.29, 0.717) is 29.7 Å². The summed E-state index contributed by atoms with van der Waals surface area (Å²) >= 11 is 5.78. The van der Waals surface area contributed by atoms with E-state index in [4.69, 9.17) is 21.1 Å². The number of carbonyl (C=O) groups is 1. The fourth-order valence-corrected chi connectivity index (χ4v) is 2.32. The summed E-state index contributed by atoms with van der Waals surface area (Å²) in [6, 6.07) is 9.27. The van der Waals surface area contributed by atoms with E-state index in [1.165, 1.54) is 18.2 Å². The van der Waals surface area contributed by atoms with Gasteiger partial charge in [-0.3, -0.25) is 4.79 Å². The number of hydrogen-bond acceptors (Lipinski definition) is 3. The van der Waals surface area contributed by atoms with Crippen molar-refractivity contribution >= 4 is 17.5 Å². The number of halogens is 2. The quantitative estimate of drug-likeness (QED) is 0.944. The fraction of sp³-hybridized carbons (Fsp3) is 0.188. The van der Waals surface area contributed by atoms with E-state index in [1.54, 1.807) is 12.1 Å². The Morgan fingerprint density at radius 2 is 1.91 bits per heavy atom. The molecule has 3 rings (SSSR count). The number of nitrogens with one attached hydrogen (secondary N) is 1. The number of benzene rings is 2. The lowest BCUT2D eigenvalue weighted by Gasteiger charge is -2.19. The minimum absolute atomic E-state index is 0.0787. The third kappa shape index (κ3) is 3.14. The average Bonchev–Trinajstić information content (AvgIpc) is 2.54. The molecule has 2 aromatic rings. The van der Waals surface area contributed by atoms with Crippen LogP contribution in [0.5, 0.6) is 11.5 Å². The molecule has 2 aromatic carbocycles. The number of amides is 1. The van der Waals surface area contributed by atoms with Gasteiger partial charge in [0.05, 0.1) is 5.56 Å². The molecule has 1 heterocycles. The molecule has 0 unspecified atom stereocenters. The molecule has 0 saturated heterocycles. The predicted octanol–water partition coefficient (Wildman–Crippen LogP) is 3.18. The van der Waals surface area contributed by atoms with Crippen LogP contribution in [0.2, 0.25) is 5.02 Å². The molecule has 0 aromatic heterocycles. The number of carbonyl (C=O) groups excluding carboxylic acids is 1. The second-order valence-electron chi connectivity index (χ2n) is 4.78. The van der Waals surface area contributed by atoms with E-state index in [-0.39, 0.29) is 12.1 Å². The average molecular weight is 322 g/mol. The molecular weight excluding hydrogens is 309 g/mol. The van der Waals surface area contributed by atoms with E-state index in [9.17, 15) is 9.18 Å². The first-order valence-corrected chi connectivity index (χ1v) is 7.13. The van der Waals surface area contributed by atoms with E-state index >= 15 is 0 Å². The third-order valence-electron chi connectivity index (χ3n) is 3.23. The minimum atomic E-state index is -0.607. The fourth-order valence-electron chi connectivity index (χ4n) is 2.15. The summed E-state index contributed by atoms with van der Waals surface area (Å²) in [6.07, 6.45) is 0. The third-order valence-corrected chi connectivity index (χ3v) is 3.47. The number of rotatable bonds is 3. The molecule has 22 heavy (non-hydrogen) atoms. The normalized spacial score (nSPS) is 12.8. The van der Waals surface area contributed by atoms with Crippen molar-refractivity contribution in [1.29, 1.82) is 0 Å². The summed E-state index contributed by atoms with van der Waals surface area (Å²) < 4.78 is 24.5. The number of fused-ring (bicyclic) bond motifs is 1. The van der Waals surface area contributed by atoms with Crippen LogP contribution in [0.1, 0.15) is 15.9 Å². The molecule has 114 valence electrons. The molecule has 0 bridgehead atoms. The molecule has 0 aliphatic carbocycles. The van der Waals surface area contributed by atoms with Crippen molar-refractivity contribution in [1.82, 2.24) is 5.32 Å². The first-order chi connectivity index (χ1) is 10.6. The second kappa shape index (κ2) is 6.23. The lowest BCUT2D eigenvalue weighted by Crippen LogP contribution is -2.24. The highest BCUT2D eigenvalue weighted by Gasteiger charge is 2.14. The SMILES string of the molecule is O=C(NCc1ccc2c(c1)OCCO2)c1cc(Cl)ccc1F. The Bertz CT molecular complexity index is 721. The maximum Gasteiger partial charge on any atom is 0.254 e. The monoisotopic (exact) mass is 321 g/mol. The van der Waals surface area contributed by atoms with Gasteiger partial charge in [-0.15, -0.1) is 0 Å². The smallest absolute Gasteiger partial charge is 0.254 e. The molecule has 0 atom stereocenters. The lowest BCUT2D eigenvalue weighted by atomic mass is 10.1. The molecule has 1 aliphatic heterocycles. The van der Waals surface area contributed by atoms with Gasteiger partial charge in [0, 0.05) is 11.6 Å². The lowest BCUT2D eigenvalue weighted by molar-refractivity contribution is 0.0946. The zero-order valence-corrected chi connectivity index (χ0v) is 12.3. The van der Waals surface area contributed by atoms with Crippen LogP contribution in [0.25, 0.3) is 0 Å². The minimum Gasteiger partial charge on any atom is -0.486 e. The van der Waals surface area contributed by atoms with Crippen LogP contribution in [-0.4, -0.2) is 19.1 Å². The van der Waals surface area contributed by atoms with E-state index in [0.717, 1.165) is 5.56 Å². The van der Waals surface area contributed by atoms with Gasteiger partial charge >= 0.3 is 0 Å². The summed E-state index contributed by atoms with van der Waals surface area (Å²) in [4.78, 5) is 12.0. The van der Waals surface area contributed by atoms with Crippen LogP contribution < -0.4 is 14.8 Å². The Balaban J connectivity index is 1.69. The van der Waals surface area contributed by atoms with Crippen LogP contribution in [0.15, 0.2) is 36.4 Å². The van der Waals surface area contributed by atoms with Crippen molar-refractivity contribution in [3.05, 3.63) is 58.4 Å². The molecule has 0 spiro atoms. The first-order valence-electron chi connectivity index (χ1n) is 6.75. The topological polar surface area (TPSA) is 47.6 Å². The van der Waals surface area contributed by atoms with Gasteiger partial charge in [0.25, 0.3) is 5.91 Å². The molecular formula is C16H13ClFNO3. The highest BCUT2D eigenvalue weighted by atomic mass is 35.5. The highest BCUT2D eigenvalue weighted by molar-refractivity contribution is 6.31. The van der Waals surface area contributed by atoms with Crippen molar-refractivity contribution in [2.75, 3.05) is 13.2 Å². The summed E-state index contributed by atoms with van der Waals surface area (Å²) in [6.45, 7) is 1.27. The van der Waals surface area contributed by atoms with Crippen molar-refractivity contribution in [2.24, 2.45) is 0 Å². The van der Waals surface area contributed by atoms with Crippen LogP contribution >= 0.6 is 11.6 Å². The first kappa shape index (κ1) is 14.7. The number of hydrogen-bond donors (Lipinski definition) is 1. The van der Waals surface area contributed by atoms with Gasteiger partial charge in [-0.25, -0.2) is 4.39 Å².